The van der Waals surface area contributed by atoms with E-state index in [1.165, 1.54) is 42.4 Å². The summed E-state index contributed by atoms with van der Waals surface area (Å²) >= 11 is 3.56. The van der Waals surface area contributed by atoms with Gasteiger partial charge in [0.25, 0.3) is 0 Å². The third kappa shape index (κ3) is 5.25. The Hall–Kier alpha value is -0.380. The summed E-state index contributed by atoms with van der Waals surface area (Å²) in [6.45, 7) is 5.64. The van der Waals surface area contributed by atoms with E-state index >= 15 is 0 Å². The van der Waals surface area contributed by atoms with Crippen LogP contribution in [0.5, 0.6) is 0 Å². The van der Waals surface area contributed by atoms with E-state index in [1.54, 1.807) is 0 Å². The first-order valence-corrected chi connectivity index (χ1v) is 8.15. The molecule has 0 aromatic heterocycles. The van der Waals surface area contributed by atoms with Gasteiger partial charge in [0.05, 0.1) is 0 Å². The minimum Gasteiger partial charge on any atom is -0.310 e. The Kier molecular flexibility index (Phi) is 5.86. The lowest BCUT2D eigenvalue weighted by Gasteiger charge is -2.23. The molecule has 19 heavy (non-hydrogen) atoms. The second-order valence-electron chi connectivity index (χ2n) is 5.66. The third-order valence-electron chi connectivity index (χ3n) is 3.77. The topological polar surface area (TPSA) is 15.3 Å². The SMILES string of the molecule is CCNC(CCN(C)CC1CC1)c1cccc(Br)c1. The van der Waals surface area contributed by atoms with Crippen LogP contribution in [0.25, 0.3) is 0 Å². The fourth-order valence-electron chi connectivity index (χ4n) is 2.54. The zero-order chi connectivity index (χ0) is 13.7. The first-order valence-electron chi connectivity index (χ1n) is 7.36. The van der Waals surface area contributed by atoms with Gasteiger partial charge in [0.1, 0.15) is 0 Å². The van der Waals surface area contributed by atoms with Crippen molar-refractivity contribution in [3.05, 3.63) is 34.3 Å². The number of nitrogens with one attached hydrogen (secondary N) is 1. The second-order valence-corrected chi connectivity index (χ2v) is 6.58. The van der Waals surface area contributed by atoms with Crippen LogP contribution in [-0.2, 0) is 0 Å². The molecule has 106 valence electrons. The van der Waals surface area contributed by atoms with E-state index in [1.807, 2.05) is 0 Å². The Morgan fingerprint density at radius 3 is 2.84 bits per heavy atom. The molecule has 2 nitrogen and oxygen atoms in total. The van der Waals surface area contributed by atoms with Gasteiger partial charge in [0.15, 0.2) is 0 Å². The number of hydrogen-bond acceptors (Lipinski definition) is 2. The monoisotopic (exact) mass is 324 g/mol. The fraction of sp³-hybridized carbons (Fsp3) is 0.625. The predicted molar refractivity (Wildman–Crippen MR) is 85.4 cm³/mol. The second kappa shape index (κ2) is 7.41. The zero-order valence-electron chi connectivity index (χ0n) is 12.0. The van der Waals surface area contributed by atoms with Crippen LogP contribution in [0.4, 0.5) is 0 Å². The van der Waals surface area contributed by atoms with E-state index in [0.29, 0.717) is 6.04 Å². The van der Waals surface area contributed by atoms with Crippen molar-refractivity contribution >= 4 is 15.9 Å². The largest absolute Gasteiger partial charge is 0.310 e. The summed E-state index contributed by atoms with van der Waals surface area (Å²) in [7, 11) is 2.25. The van der Waals surface area contributed by atoms with Crippen molar-refractivity contribution in [1.29, 1.82) is 0 Å². The van der Waals surface area contributed by atoms with Crippen LogP contribution in [0.2, 0.25) is 0 Å². The predicted octanol–water partition coefficient (Wildman–Crippen LogP) is 3.83. The van der Waals surface area contributed by atoms with Crippen molar-refractivity contribution in [1.82, 2.24) is 10.2 Å². The summed E-state index contributed by atoms with van der Waals surface area (Å²) in [4.78, 5) is 2.49. The molecule has 3 heteroatoms. The highest BCUT2D eigenvalue weighted by Crippen LogP contribution is 2.29. The average Bonchev–Trinajstić information content (AvgIpc) is 3.18. The number of hydrogen-bond donors (Lipinski definition) is 1. The number of rotatable bonds is 8. The molecule has 0 spiro atoms. The van der Waals surface area contributed by atoms with Crippen LogP contribution in [0, 0.1) is 5.92 Å². The van der Waals surface area contributed by atoms with Crippen LogP contribution in [-0.4, -0.2) is 31.6 Å². The molecule has 2 rings (SSSR count). The maximum atomic E-state index is 3.60. The molecule has 1 aliphatic rings. The molecule has 0 aliphatic heterocycles. The number of benzene rings is 1. The quantitative estimate of drug-likeness (QED) is 0.781. The highest BCUT2D eigenvalue weighted by Gasteiger charge is 2.23. The number of halogens is 1. The molecule has 1 aromatic carbocycles. The Morgan fingerprint density at radius 2 is 2.21 bits per heavy atom. The maximum absolute atomic E-state index is 3.60. The fourth-order valence-corrected chi connectivity index (χ4v) is 2.96. The summed E-state index contributed by atoms with van der Waals surface area (Å²) < 4.78 is 1.17. The van der Waals surface area contributed by atoms with E-state index < -0.39 is 0 Å². The van der Waals surface area contributed by atoms with Crippen LogP contribution in [0.15, 0.2) is 28.7 Å². The molecule has 1 unspecified atom stereocenters. The van der Waals surface area contributed by atoms with Crippen molar-refractivity contribution in [3.63, 3.8) is 0 Å². The molecule has 0 heterocycles. The molecule has 0 bridgehead atoms. The Bertz CT molecular complexity index is 390. The molecular formula is C16H25BrN2. The van der Waals surface area contributed by atoms with Crippen molar-refractivity contribution < 1.29 is 0 Å². The van der Waals surface area contributed by atoms with Gasteiger partial charge >= 0.3 is 0 Å². The lowest BCUT2D eigenvalue weighted by molar-refractivity contribution is 0.297. The zero-order valence-corrected chi connectivity index (χ0v) is 13.6. The smallest absolute Gasteiger partial charge is 0.0332 e. The lowest BCUT2D eigenvalue weighted by atomic mass is 10.0. The first-order chi connectivity index (χ1) is 9.19. The minimum atomic E-state index is 0.462. The van der Waals surface area contributed by atoms with Crippen molar-refractivity contribution in [3.8, 4) is 0 Å². The van der Waals surface area contributed by atoms with E-state index in [0.717, 1.165) is 12.5 Å². The van der Waals surface area contributed by atoms with Gasteiger partial charge in [-0.1, -0.05) is 35.0 Å². The van der Waals surface area contributed by atoms with Crippen molar-refractivity contribution in [2.45, 2.75) is 32.2 Å². The van der Waals surface area contributed by atoms with Gasteiger partial charge in [-0.25, -0.2) is 0 Å². The summed E-state index contributed by atoms with van der Waals surface area (Å²) in [6.07, 6.45) is 4.05. The lowest BCUT2D eigenvalue weighted by Crippen LogP contribution is -2.28. The molecule has 0 radical (unpaired) electrons. The number of nitrogens with zero attached hydrogens (tertiary/aromatic N) is 1. The summed E-state index contributed by atoms with van der Waals surface area (Å²) in [5.74, 6) is 0.980. The van der Waals surface area contributed by atoms with Gasteiger partial charge in [-0.05, 0) is 63.0 Å². The van der Waals surface area contributed by atoms with Crippen LogP contribution in [0.3, 0.4) is 0 Å². The highest BCUT2D eigenvalue weighted by molar-refractivity contribution is 9.10. The van der Waals surface area contributed by atoms with Gasteiger partial charge in [-0.2, -0.15) is 0 Å². The van der Waals surface area contributed by atoms with Gasteiger partial charge in [-0.15, -0.1) is 0 Å². The standard InChI is InChI=1S/C16H25BrN2/c1-3-18-16(14-5-4-6-15(17)11-14)9-10-19(2)12-13-7-8-13/h4-6,11,13,16,18H,3,7-10,12H2,1-2H3. The Morgan fingerprint density at radius 1 is 1.42 bits per heavy atom. The van der Waals surface area contributed by atoms with E-state index in [9.17, 15) is 0 Å². The van der Waals surface area contributed by atoms with Crippen molar-refractivity contribution in [2.24, 2.45) is 5.92 Å². The van der Waals surface area contributed by atoms with Crippen molar-refractivity contribution in [2.75, 3.05) is 26.7 Å². The molecule has 1 saturated carbocycles. The van der Waals surface area contributed by atoms with E-state index in [-0.39, 0.29) is 0 Å². The molecule has 1 N–H and O–H groups in total. The van der Waals surface area contributed by atoms with Gasteiger partial charge in [-0.3, -0.25) is 0 Å². The van der Waals surface area contributed by atoms with Crippen LogP contribution in [0.1, 0.15) is 37.8 Å². The molecule has 0 amide bonds. The molecule has 1 fully saturated rings. The average molecular weight is 325 g/mol. The van der Waals surface area contributed by atoms with E-state index in [4.69, 9.17) is 0 Å². The Labute approximate surface area is 125 Å². The molecular weight excluding hydrogens is 300 g/mol. The summed E-state index contributed by atoms with van der Waals surface area (Å²) in [6, 6.07) is 9.13. The molecule has 1 aliphatic carbocycles. The normalized spacial score (nSPS) is 16.8. The minimum absolute atomic E-state index is 0.462. The van der Waals surface area contributed by atoms with Crippen LogP contribution < -0.4 is 5.32 Å². The summed E-state index contributed by atoms with van der Waals surface area (Å²) in [5.41, 5.74) is 1.39. The molecule has 1 atom stereocenters. The first kappa shape index (κ1) is 15.0. The van der Waals surface area contributed by atoms with Crippen LogP contribution >= 0.6 is 15.9 Å². The highest BCUT2D eigenvalue weighted by atomic mass is 79.9. The van der Waals surface area contributed by atoms with Gasteiger partial charge in [0.2, 0.25) is 0 Å². The van der Waals surface area contributed by atoms with Gasteiger partial charge in [0, 0.05) is 17.1 Å². The molecule has 0 saturated heterocycles. The van der Waals surface area contributed by atoms with E-state index in [2.05, 4.69) is 64.4 Å². The Balaban J connectivity index is 1.87. The van der Waals surface area contributed by atoms with Gasteiger partial charge < -0.3 is 10.2 Å². The maximum Gasteiger partial charge on any atom is 0.0332 e. The molecule has 1 aromatic rings. The summed E-state index contributed by atoms with van der Waals surface area (Å²) in [5, 5.41) is 3.60. The third-order valence-corrected chi connectivity index (χ3v) is 4.26.